The van der Waals surface area contributed by atoms with Crippen molar-refractivity contribution in [3.05, 3.63) is 66.2 Å². The second kappa shape index (κ2) is 9.09. The molecule has 5 nitrogen and oxygen atoms in total. The topological polar surface area (TPSA) is 58.1 Å². The van der Waals surface area contributed by atoms with Gasteiger partial charge < -0.3 is 10.2 Å². The number of carbonyl (C=O) groups is 1. The van der Waals surface area contributed by atoms with Gasteiger partial charge in [-0.2, -0.15) is 0 Å². The molecule has 1 aliphatic heterocycles. The molecule has 3 aromatic rings. The van der Waals surface area contributed by atoms with E-state index in [1.165, 1.54) is 12.8 Å². The van der Waals surface area contributed by atoms with E-state index in [1.54, 1.807) is 11.8 Å². The lowest BCUT2D eigenvalue weighted by atomic mass is 10.1. The largest absolute Gasteiger partial charge is 0.355 e. The van der Waals surface area contributed by atoms with Crippen molar-refractivity contribution >= 4 is 29.2 Å². The van der Waals surface area contributed by atoms with Crippen molar-refractivity contribution in [2.75, 3.05) is 29.1 Å². The summed E-state index contributed by atoms with van der Waals surface area (Å²) in [5, 5.41) is 11.7. The number of thioether (sulfide) groups is 1. The number of rotatable bonds is 6. The number of nitrogens with zero attached hydrogens (tertiary/aromatic N) is 3. The Kier molecular flexibility index (Phi) is 6.10. The molecule has 1 fully saturated rings. The van der Waals surface area contributed by atoms with Gasteiger partial charge in [0.15, 0.2) is 5.82 Å². The molecule has 1 N–H and O–H groups in total. The van der Waals surface area contributed by atoms with Crippen LogP contribution in [0.25, 0.3) is 11.3 Å². The van der Waals surface area contributed by atoms with Gasteiger partial charge in [-0.25, -0.2) is 0 Å². The molecule has 1 aliphatic rings. The van der Waals surface area contributed by atoms with Crippen molar-refractivity contribution in [2.24, 2.45) is 0 Å². The number of carbonyl (C=O) groups excluding carboxylic acids is 1. The van der Waals surface area contributed by atoms with E-state index in [1.807, 2.05) is 60.7 Å². The summed E-state index contributed by atoms with van der Waals surface area (Å²) in [6.45, 7) is 4.20. The van der Waals surface area contributed by atoms with Gasteiger partial charge in [-0.3, -0.25) is 4.79 Å². The first-order valence-electron chi connectivity index (χ1n) is 9.97. The molecule has 2 heterocycles. The predicted molar refractivity (Wildman–Crippen MR) is 120 cm³/mol. The van der Waals surface area contributed by atoms with Crippen LogP contribution in [0.5, 0.6) is 0 Å². The van der Waals surface area contributed by atoms with Crippen molar-refractivity contribution in [3.63, 3.8) is 0 Å². The minimum atomic E-state index is -0.0935. The first-order chi connectivity index (χ1) is 14.2. The van der Waals surface area contributed by atoms with E-state index in [2.05, 4.69) is 27.3 Å². The fourth-order valence-electron chi connectivity index (χ4n) is 3.45. The standard InChI is InChI=1S/C23H24N4OS/c1-2-29-21-8-4-3-7-19(21)23(28)24-18-11-9-17(10-12-18)20-13-14-22(26-25-20)27-15-5-6-16-27/h3-4,7-14H,2,5-6,15-16H2,1H3,(H,24,28). The Morgan fingerprint density at radius 2 is 1.76 bits per heavy atom. The zero-order valence-electron chi connectivity index (χ0n) is 16.5. The van der Waals surface area contributed by atoms with Crippen LogP contribution in [0.1, 0.15) is 30.1 Å². The van der Waals surface area contributed by atoms with Crippen molar-refractivity contribution in [3.8, 4) is 11.3 Å². The molecule has 6 heteroatoms. The molecule has 4 rings (SSSR count). The zero-order chi connectivity index (χ0) is 20.1. The van der Waals surface area contributed by atoms with Gasteiger partial charge in [-0.15, -0.1) is 22.0 Å². The number of benzene rings is 2. The van der Waals surface area contributed by atoms with Gasteiger partial charge in [-0.05, 0) is 55.0 Å². The third kappa shape index (κ3) is 4.59. The normalized spacial score (nSPS) is 13.5. The lowest BCUT2D eigenvalue weighted by molar-refractivity contribution is 0.102. The van der Waals surface area contributed by atoms with Crippen LogP contribution < -0.4 is 10.2 Å². The molecule has 0 radical (unpaired) electrons. The van der Waals surface area contributed by atoms with Gasteiger partial charge in [0.2, 0.25) is 0 Å². The van der Waals surface area contributed by atoms with E-state index in [4.69, 9.17) is 0 Å². The second-order valence-electron chi connectivity index (χ2n) is 6.93. The second-order valence-corrected chi connectivity index (χ2v) is 8.24. The SMILES string of the molecule is CCSc1ccccc1C(=O)Nc1ccc(-c2ccc(N3CCCC3)nn2)cc1. The molecule has 0 unspecified atom stereocenters. The lowest BCUT2D eigenvalue weighted by Crippen LogP contribution is -2.19. The Balaban J connectivity index is 1.45. The average Bonchev–Trinajstić information content (AvgIpc) is 3.30. The summed E-state index contributed by atoms with van der Waals surface area (Å²) in [6.07, 6.45) is 2.44. The third-order valence-electron chi connectivity index (χ3n) is 4.95. The van der Waals surface area contributed by atoms with Crippen molar-refractivity contribution in [2.45, 2.75) is 24.7 Å². The number of hydrogen-bond acceptors (Lipinski definition) is 5. The highest BCUT2D eigenvalue weighted by molar-refractivity contribution is 7.99. The van der Waals surface area contributed by atoms with Crippen molar-refractivity contribution < 1.29 is 4.79 Å². The Morgan fingerprint density at radius 3 is 2.45 bits per heavy atom. The van der Waals surface area contributed by atoms with Crippen LogP contribution in [0.4, 0.5) is 11.5 Å². The van der Waals surface area contributed by atoms with E-state index >= 15 is 0 Å². The van der Waals surface area contributed by atoms with Crippen LogP contribution in [-0.4, -0.2) is 34.9 Å². The quantitative estimate of drug-likeness (QED) is 0.579. The van der Waals surface area contributed by atoms with Gasteiger partial charge in [0, 0.05) is 29.2 Å². The summed E-state index contributed by atoms with van der Waals surface area (Å²) in [5.74, 6) is 1.78. The van der Waals surface area contributed by atoms with E-state index in [-0.39, 0.29) is 5.91 Å². The molecule has 29 heavy (non-hydrogen) atoms. The molecule has 1 aromatic heterocycles. The Bertz CT molecular complexity index is 967. The molecular formula is C23H24N4OS. The molecule has 2 aromatic carbocycles. The highest BCUT2D eigenvalue weighted by Crippen LogP contribution is 2.25. The Labute approximate surface area is 175 Å². The summed E-state index contributed by atoms with van der Waals surface area (Å²) in [6, 6.07) is 19.5. The molecule has 0 spiro atoms. The first-order valence-corrected chi connectivity index (χ1v) is 11.0. The third-order valence-corrected chi connectivity index (χ3v) is 5.91. The maximum atomic E-state index is 12.7. The van der Waals surface area contributed by atoms with E-state index in [0.717, 1.165) is 46.5 Å². The average molecular weight is 405 g/mol. The maximum absolute atomic E-state index is 12.7. The van der Waals surface area contributed by atoms with Crippen molar-refractivity contribution in [1.82, 2.24) is 10.2 Å². The predicted octanol–water partition coefficient (Wildman–Crippen LogP) is 5.11. The first kappa shape index (κ1) is 19.5. The Morgan fingerprint density at radius 1 is 1.00 bits per heavy atom. The molecule has 0 bridgehead atoms. The highest BCUT2D eigenvalue weighted by Gasteiger charge is 2.14. The maximum Gasteiger partial charge on any atom is 0.256 e. The number of anilines is 2. The van der Waals surface area contributed by atoms with E-state index in [9.17, 15) is 4.79 Å². The summed E-state index contributed by atoms with van der Waals surface area (Å²) < 4.78 is 0. The van der Waals surface area contributed by atoms with Crippen LogP contribution >= 0.6 is 11.8 Å². The van der Waals surface area contributed by atoms with Gasteiger partial charge in [0.25, 0.3) is 5.91 Å². The smallest absolute Gasteiger partial charge is 0.256 e. The molecule has 1 amide bonds. The fraction of sp³-hybridized carbons (Fsp3) is 0.261. The number of hydrogen-bond donors (Lipinski definition) is 1. The molecule has 0 saturated carbocycles. The monoisotopic (exact) mass is 404 g/mol. The minimum absolute atomic E-state index is 0.0935. The van der Waals surface area contributed by atoms with E-state index in [0.29, 0.717) is 5.56 Å². The van der Waals surface area contributed by atoms with Crippen LogP contribution in [-0.2, 0) is 0 Å². The summed E-state index contributed by atoms with van der Waals surface area (Å²) >= 11 is 1.67. The van der Waals surface area contributed by atoms with Gasteiger partial charge >= 0.3 is 0 Å². The van der Waals surface area contributed by atoms with Crippen LogP contribution in [0.2, 0.25) is 0 Å². The summed E-state index contributed by atoms with van der Waals surface area (Å²) in [4.78, 5) is 15.9. The zero-order valence-corrected chi connectivity index (χ0v) is 17.3. The van der Waals surface area contributed by atoms with Crippen LogP contribution in [0, 0.1) is 0 Å². The summed E-state index contributed by atoms with van der Waals surface area (Å²) in [5.41, 5.74) is 3.27. The fourth-order valence-corrected chi connectivity index (χ4v) is 4.25. The molecule has 1 saturated heterocycles. The van der Waals surface area contributed by atoms with Gasteiger partial charge in [0.05, 0.1) is 11.3 Å². The number of amides is 1. The van der Waals surface area contributed by atoms with Gasteiger partial charge in [0.1, 0.15) is 0 Å². The summed E-state index contributed by atoms with van der Waals surface area (Å²) in [7, 11) is 0. The number of aromatic nitrogens is 2. The Hall–Kier alpha value is -2.86. The molecule has 0 aliphatic carbocycles. The molecule has 0 atom stereocenters. The lowest BCUT2D eigenvalue weighted by Gasteiger charge is -2.15. The minimum Gasteiger partial charge on any atom is -0.355 e. The van der Waals surface area contributed by atoms with Crippen LogP contribution in [0.15, 0.2) is 65.6 Å². The molecular weight excluding hydrogens is 380 g/mol. The van der Waals surface area contributed by atoms with E-state index < -0.39 is 0 Å². The number of nitrogens with one attached hydrogen (secondary N) is 1. The van der Waals surface area contributed by atoms with Crippen LogP contribution in [0.3, 0.4) is 0 Å². The van der Waals surface area contributed by atoms with Gasteiger partial charge in [-0.1, -0.05) is 31.2 Å². The van der Waals surface area contributed by atoms with Crippen molar-refractivity contribution in [1.29, 1.82) is 0 Å². The highest BCUT2D eigenvalue weighted by atomic mass is 32.2. The molecule has 148 valence electrons.